The zero-order valence-corrected chi connectivity index (χ0v) is 14.4. The Morgan fingerprint density at radius 3 is 2.39 bits per heavy atom. The molecule has 1 heterocycles. The lowest BCUT2D eigenvalue weighted by atomic mass is 9.86. The van der Waals surface area contributed by atoms with Crippen molar-refractivity contribution in [1.29, 1.82) is 0 Å². The third-order valence-corrected chi connectivity index (χ3v) is 3.78. The highest BCUT2D eigenvalue weighted by Gasteiger charge is 2.14. The maximum Gasteiger partial charge on any atom is 0.356 e. The van der Waals surface area contributed by atoms with E-state index >= 15 is 0 Å². The number of pyridine rings is 1. The van der Waals surface area contributed by atoms with Gasteiger partial charge < -0.3 is 4.74 Å². The molecule has 2 aromatic rings. The molecule has 3 heteroatoms. The second kappa shape index (κ2) is 7.40. The Kier molecular flexibility index (Phi) is 5.54. The summed E-state index contributed by atoms with van der Waals surface area (Å²) in [6.45, 7) is 9.12. The molecular weight excluding hydrogens is 286 g/mol. The van der Waals surface area contributed by atoms with Gasteiger partial charge >= 0.3 is 5.97 Å². The van der Waals surface area contributed by atoms with E-state index in [1.54, 1.807) is 24.4 Å². The van der Waals surface area contributed by atoms with Crippen LogP contribution in [0.5, 0.6) is 0 Å². The third-order valence-electron chi connectivity index (χ3n) is 3.78. The van der Waals surface area contributed by atoms with E-state index in [0.29, 0.717) is 12.3 Å². The van der Waals surface area contributed by atoms with Crippen LogP contribution in [-0.4, -0.2) is 17.6 Å². The van der Waals surface area contributed by atoms with Crippen molar-refractivity contribution in [2.45, 2.75) is 39.5 Å². The smallest absolute Gasteiger partial charge is 0.356 e. The minimum Gasteiger partial charge on any atom is -0.461 e. The third kappa shape index (κ3) is 5.20. The number of hydrogen-bond acceptors (Lipinski definition) is 3. The van der Waals surface area contributed by atoms with Gasteiger partial charge in [0.15, 0.2) is 0 Å². The van der Waals surface area contributed by atoms with Crippen molar-refractivity contribution in [1.82, 2.24) is 4.98 Å². The van der Waals surface area contributed by atoms with E-state index in [1.807, 2.05) is 0 Å². The molecular formula is C20H25NO2. The Hall–Kier alpha value is -2.16. The molecule has 0 saturated heterocycles. The fraction of sp³-hybridized carbons (Fsp3) is 0.400. The average molecular weight is 311 g/mol. The molecule has 23 heavy (non-hydrogen) atoms. The molecule has 1 atom stereocenters. The van der Waals surface area contributed by atoms with Crippen LogP contribution in [0.2, 0.25) is 0 Å². The molecule has 0 N–H and O–H groups in total. The summed E-state index contributed by atoms with van der Waals surface area (Å²) in [7, 11) is 0. The molecule has 0 saturated carbocycles. The Bertz CT molecular complexity index is 627. The summed E-state index contributed by atoms with van der Waals surface area (Å²) in [6.07, 6.45) is 2.48. The first kappa shape index (κ1) is 17.2. The van der Waals surface area contributed by atoms with Gasteiger partial charge in [-0.25, -0.2) is 9.78 Å². The first-order valence-electron chi connectivity index (χ1n) is 8.04. The van der Waals surface area contributed by atoms with E-state index in [-0.39, 0.29) is 17.3 Å². The fourth-order valence-corrected chi connectivity index (χ4v) is 2.38. The highest BCUT2D eigenvalue weighted by molar-refractivity contribution is 5.87. The van der Waals surface area contributed by atoms with E-state index in [9.17, 15) is 4.79 Å². The number of carbonyl (C=O) groups is 1. The largest absolute Gasteiger partial charge is 0.461 e. The molecule has 0 fully saturated rings. The van der Waals surface area contributed by atoms with E-state index in [1.165, 1.54) is 11.1 Å². The van der Waals surface area contributed by atoms with Crippen molar-refractivity contribution in [3.8, 4) is 0 Å². The summed E-state index contributed by atoms with van der Waals surface area (Å²) in [5, 5.41) is 0. The van der Waals surface area contributed by atoms with E-state index in [4.69, 9.17) is 4.74 Å². The van der Waals surface area contributed by atoms with E-state index in [2.05, 4.69) is 56.9 Å². The van der Waals surface area contributed by atoms with Gasteiger partial charge in [0.25, 0.3) is 0 Å². The van der Waals surface area contributed by atoms with E-state index < -0.39 is 0 Å². The van der Waals surface area contributed by atoms with Crippen LogP contribution < -0.4 is 0 Å². The van der Waals surface area contributed by atoms with Crippen molar-refractivity contribution in [3.05, 3.63) is 65.5 Å². The Balaban J connectivity index is 1.85. The first-order chi connectivity index (χ1) is 10.9. The van der Waals surface area contributed by atoms with Crippen LogP contribution in [0.1, 0.15) is 49.3 Å². The second-order valence-corrected chi connectivity index (χ2v) is 7.07. The summed E-state index contributed by atoms with van der Waals surface area (Å²) < 4.78 is 5.34. The Morgan fingerprint density at radius 2 is 1.83 bits per heavy atom. The molecule has 0 aliphatic rings. The summed E-state index contributed by atoms with van der Waals surface area (Å²) in [5.74, 6) is -0.0938. The summed E-state index contributed by atoms with van der Waals surface area (Å²) >= 11 is 0. The van der Waals surface area contributed by atoms with Gasteiger partial charge in [0.2, 0.25) is 0 Å². The summed E-state index contributed by atoms with van der Waals surface area (Å²) in [4.78, 5) is 15.9. The Morgan fingerprint density at radius 1 is 1.13 bits per heavy atom. The molecule has 0 aliphatic carbocycles. The monoisotopic (exact) mass is 311 g/mol. The van der Waals surface area contributed by atoms with Crippen LogP contribution in [0.4, 0.5) is 0 Å². The van der Waals surface area contributed by atoms with Gasteiger partial charge in [0, 0.05) is 6.20 Å². The van der Waals surface area contributed by atoms with Gasteiger partial charge in [-0.05, 0) is 41.0 Å². The molecule has 1 aromatic heterocycles. The van der Waals surface area contributed by atoms with Crippen LogP contribution >= 0.6 is 0 Å². The quantitative estimate of drug-likeness (QED) is 0.768. The van der Waals surface area contributed by atoms with E-state index in [0.717, 1.165) is 6.42 Å². The first-order valence-corrected chi connectivity index (χ1v) is 8.04. The van der Waals surface area contributed by atoms with Gasteiger partial charge in [-0.2, -0.15) is 0 Å². The highest BCUT2D eigenvalue weighted by atomic mass is 16.5. The predicted octanol–water partition coefficient (Wildman–Crippen LogP) is 4.41. The number of hydrogen-bond donors (Lipinski definition) is 0. The number of rotatable bonds is 5. The number of esters is 1. The van der Waals surface area contributed by atoms with Gasteiger partial charge in [0.1, 0.15) is 5.69 Å². The van der Waals surface area contributed by atoms with Gasteiger partial charge in [-0.15, -0.1) is 0 Å². The van der Waals surface area contributed by atoms with Crippen LogP contribution in [0, 0.1) is 5.92 Å². The van der Waals surface area contributed by atoms with Crippen molar-refractivity contribution >= 4 is 5.97 Å². The maximum absolute atomic E-state index is 11.9. The number of aromatic nitrogens is 1. The van der Waals surface area contributed by atoms with Crippen molar-refractivity contribution in [2.24, 2.45) is 5.92 Å². The van der Waals surface area contributed by atoms with Crippen LogP contribution in [0.25, 0.3) is 0 Å². The molecule has 1 aromatic carbocycles. The molecule has 0 bridgehead atoms. The van der Waals surface area contributed by atoms with Gasteiger partial charge in [0.05, 0.1) is 6.61 Å². The van der Waals surface area contributed by atoms with Crippen molar-refractivity contribution in [3.63, 3.8) is 0 Å². The zero-order chi connectivity index (χ0) is 16.9. The lowest BCUT2D eigenvalue weighted by molar-refractivity contribution is 0.0442. The molecule has 3 nitrogen and oxygen atoms in total. The van der Waals surface area contributed by atoms with Gasteiger partial charge in [-0.1, -0.05) is 58.0 Å². The molecule has 0 radical (unpaired) electrons. The summed E-state index contributed by atoms with van der Waals surface area (Å²) in [5.41, 5.74) is 3.12. The fourth-order valence-electron chi connectivity index (χ4n) is 2.38. The number of benzene rings is 1. The number of carbonyl (C=O) groups excluding carboxylic acids is 1. The standard InChI is InChI=1S/C20H25NO2/c1-15(14-23-19(22)18-7-5-6-12-21-18)13-16-8-10-17(11-9-16)20(2,3)4/h5-12,15H,13-14H2,1-4H3. The normalized spacial score (nSPS) is 12.7. The van der Waals surface area contributed by atoms with Crippen molar-refractivity contribution < 1.29 is 9.53 Å². The predicted molar refractivity (Wildman–Crippen MR) is 92.5 cm³/mol. The Labute approximate surface area is 138 Å². The molecule has 1 unspecified atom stereocenters. The minimum absolute atomic E-state index is 0.169. The van der Waals surface area contributed by atoms with Crippen LogP contribution in [-0.2, 0) is 16.6 Å². The van der Waals surface area contributed by atoms with Gasteiger partial charge in [-0.3, -0.25) is 0 Å². The minimum atomic E-state index is -0.361. The zero-order valence-electron chi connectivity index (χ0n) is 14.4. The molecule has 2 rings (SSSR count). The number of nitrogens with zero attached hydrogens (tertiary/aromatic N) is 1. The molecule has 0 spiro atoms. The SMILES string of the molecule is CC(COC(=O)c1ccccn1)Cc1ccc(C(C)(C)C)cc1. The topological polar surface area (TPSA) is 39.2 Å². The van der Waals surface area contributed by atoms with Crippen molar-refractivity contribution in [2.75, 3.05) is 6.61 Å². The highest BCUT2D eigenvalue weighted by Crippen LogP contribution is 2.23. The molecule has 0 aliphatic heterocycles. The number of ether oxygens (including phenoxy) is 1. The lowest BCUT2D eigenvalue weighted by Gasteiger charge is -2.19. The lowest BCUT2D eigenvalue weighted by Crippen LogP contribution is -2.15. The summed E-state index contributed by atoms with van der Waals surface area (Å²) in [6, 6.07) is 13.9. The average Bonchev–Trinajstić information content (AvgIpc) is 2.53. The van der Waals surface area contributed by atoms with Crippen LogP contribution in [0.3, 0.4) is 0 Å². The molecule has 122 valence electrons. The van der Waals surface area contributed by atoms with Crippen LogP contribution in [0.15, 0.2) is 48.7 Å². The maximum atomic E-state index is 11.9. The second-order valence-electron chi connectivity index (χ2n) is 7.07. The molecule has 0 amide bonds.